The van der Waals surface area contributed by atoms with Crippen molar-refractivity contribution in [2.24, 2.45) is 5.73 Å². The summed E-state index contributed by atoms with van der Waals surface area (Å²) in [6.45, 7) is 3.61. The van der Waals surface area contributed by atoms with Crippen LogP contribution in [0.2, 0.25) is 0 Å². The van der Waals surface area contributed by atoms with Gasteiger partial charge in [-0.25, -0.2) is 0 Å². The zero-order valence-corrected chi connectivity index (χ0v) is 15.2. The second-order valence-corrected chi connectivity index (χ2v) is 5.97. The summed E-state index contributed by atoms with van der Waals surface area (Å²) in [6.07, 6.45) is -0.939. The number of carbonyl (C=O) groups is 3. The van der Waals surface area contributed by atoms with E-state index in [2.05, 4.69) is 5.32 Å². The highest BCUT2D eigenvalue weighted by Crippen LogP contribution is 2.12. The molecule has 0 saturated carbocycles. The molecule has 0 aliphatic rings. The molecule has 0 radical (unpaired) electrons. The molecule has 0 aliphatic heterocycles. The molecule has 2 rings (SSSR count). The fourth-order valence-corrected chi connectivity index (χ4v) is 2.16. The molecule has 7 heteroatoms. The van der Waals surface area contributed by atoms with Gasteiger partial charge in [0.2, 0.25) is 5.91 Å². The number of aryl methyl sites for hydroxylation is 1. The summed E-state index contributed by atoms with van der Waals surface area (Å²) < 4.78 is 10.6. The summed E-state index contributed by atoms with van der Waals surface area (Å²) in [5, 5.41) is 2.60. The van der Waals surface area contributed by atoms with Crippen LogP contribution in [0.5, 0.6) is 5.75 Å². The van der Waals surface area contributed by atoms with Crippen molar-refractivity contribution in [3.05, 3.63) is 59.7 Å². The summed E-state index contributed by atoms with van der Waals surface area (Å²) in [5.74, 6) is -0.898. The maximum Gasteiger partial charge on any atom is 0.310 e. The molecule has 0 fully saturated rings. The van der Waals surface area contributed by atoms with Crippen LogP contribution in [0.3, 0.4) is 0 Å². The average Bonchev–Trinajstić information content (AvgIpc) is 2.63. The molecule has 0 aliphatic carbocycles. The third-order valence-corrected chi connectivity index (χ3v) is 3.71. The molecule has 0 spiro atoms. The van der Waals surface area contributed by atoms with Crippen LogP contribution in [0.1, 0.15) is 29.3 Å². The molecule has 7 nitrogen and oxygen atoms in total. The van der Waals surface area contributed by atoms with E-state index in [-0.39, 0.29) is 13.0 Å². The summed E-state index contributed by atoms with van der Waals surface area (Å²) in [4.78, 5) is 34.9. The maximum atomic E-state index is 12.1. The zero-order valence-electron chi connectivity index (χ0n) is 15.2. The summed E-state index contributed by atoms with van der Waals surface area (Å²) in [6, 6.07) is 13.5. The van der Waals surface area contributed by atoms with Crippen LogP contribution in [0.15, 0.2) is 48.5 Å². The van der Waals surface area contributed by atoms with E-state index < -0.39 is 23.9 Å². The first kappa shape index (κ1) is 20.0. The number of hydrogen-bond donors (Lipinski definition) is 2. The van der Waals surface area contributed by atoms with E-state index in [0.717, 1.165) is 5.56 Å². The predicted molar refractivity (Wildman–Crippen MR) is 100 cm³/mol. The predicted octanol–water partition coefficient (Wildman–Crippen LogP) is 2.43. The van der Waals surface area contributed by atoms with E-state index in [1.54, 1.807) is 12.1 Å². The highest BCUT2D eigenvalue weighted by molar-refractivity contribution is 5.96. The van der Waals surface area contributed by atoms with Gasteiger partial charge in [0.25, 0.3) is 5.91 Å². The Labute approximate surface area is 157 Å². The summed E-state index contributed by atoms with van der Waals surface area (Å²) in [7, 11) is 0. The van der Waals surface area contributed by atoms with Crippen LogP contribution in [0, 0.1) is 6.92 Å². The van der Waals surface area contributed by atoms with Crippen molar-refractivity contribution < 1.29 is 23.9 Å². The largest absolute Gasteiger partial charge is 0.493 e. The molecule has 0 bridgehead atoms. The molecule has 2 aromatic rings. The molecule has 142 valence electrons. The van der Waals surface area contributed by atoms with Crippen LogP contribution in [-0.2, 0) is 14.3 Å². The first-order chi connectivity index (χ1) is 12.8. The van der Waals surface area contributed by atoms with E-state index in [0.29, 0.717) is 17.0 Å². The molecule has 0 aromatic heterocycles. The number of nitrogens with one attached hydrogen (secondary N) is 1. The Balaban J connectivity index is 1.75. The van der Waals surface area contributed by atoms with E-state index in [1.165, 1.54) is 19.1 Å². The van der Waals surface area contributed by atoms with Crippen molar-refractivity contribution in [2.45, 2.75) is 26.4 Å². The number of rotatable bonds is 8. The van der Waals surface area contributed by atoms with Crippen LogP contribution >= 0.6 is 0 Å². The molecule has 3 N–H and O–H groups in total. The van der Waals surface area contributed by atoms with Crippen molar-refractivity contribution >= 4 is 23.5 Å². The number of ether oxygens (including phenoxy) is 2. The number of carbonyl (C=O) groups excluding carboxylic acids is 3. The quantitative estimate of drug-likeness (QED) is 0.694. The van der Waals surface area contributed by atoms with Gasteiger partial charge in [-0.05, 0) is 50.2 Å². The number of esters is 1. The maximum absolute atomic E-state index is 12.1. The van der Waals surface area contributed by atoms with E-state index in [1.807, 2.05) is 31.2 Å². The van der Waals surface area contributed by atoms with Crippen molar-refractivity contribution in [3.8, 4) is 5.75 Å². The average molecular weight is 370 g/mol. The topological polar surface area (TPSA) is 108 Å². The van der Waals surface area contributed by atoms with Crippen LogP contribution in [0.25, 0.3) is 0 Å². The van der Waals surface area contributed by atoms with E-state index in [9.17, 15) is 14.4 Å². The molecule has 1 atom stereocenters. The first-order valence-corrected chi connectivity index (χ1v) is 8.45. The third kappa shape index (κ3) is 6.47. The Bertz CT molecular complexity index is 800. The van der Waals surface area contributed by atoms with Gasteiger partial charge in [0.1, 0.15) is 5.75 Å². The molecular weight excluding hydrogens is 348 g/mol. The molecule has 0 heterocycles. The minimum atomic E-state index is -0.965. The minimum absolute atomic E-state index is 0.0266. The Morgan fingerprint density at radius 3 is 2.26 bits per heavy atom. The molecule has 0 saturated heterocycles. The highest BCUT2D eigenvalue weighted by Gasteiger charge is 2.18. The van der Waals surface area contributed by atoms with E-state index >= 15 is 0 Å². The second kappa shape index (κ2) is 9.38. The lowest BCUT2D eigenvalue weighted by atomic mass is 10.2. The fraction of sp³-hybridized carbons (Fsp3) is 0.250. The molecule has 27 heavy (non-hydrogen) atoms. The number of benzene rings is 2. The van der Waals surface area contributed by atoms with Crippen LogP contribution in [0.4, 0.5) is 5.69 Å². The Hall–Kier alpha value is -3.35. The van der Waals surface area contributed by atoms with Gasteiger partial charge in [0.15, 0.2) is 6.10 Å². The lowest BCUT2D eigenvalue weighted by molar-refractivity contribution is -0.153. The van der Waals surface area contributed by atoms with Gasteiger partial charge in [-0.1, -0.05) is 17.7 Å². The standard InChI is InChI=1S/C20H22N2O5/c1-13-3-9-17(10-4-13)26-12-11-18(23)27-14(2)20(25)22-16-7-5-15(6-8-16)19(21)24/h3-10,14H,11-12H2,1-2H3,(H2,21,24)(H,22,25). The van der Waals surface area contributed by atoms with Gasteiger partial charge in [0, 0.05) is 11.3 Å². The minimum Gasteiger partial charge on any atom is -0.493 e. The van der Waals surface area contributed by atoms with Gasteiger partial charge < -0.3 is 20.5 Å². The van der Waals surface area contributed by atoms with Crippen molar-refractivity contribution in [1.29, 1.82) is 0 Å². The van der Waals surface area contributed by atoms with Crippen molar-refractivity contribution in [3.63, 3.8) is 0 Å². The van der Waals surface area contributed by atoms with Crippen LogP contribution in [-0.4, -0.2) is 30.5 Å². The lowest BCUT2D eigenvalue weighted by Gasteiger charge is -2.14. The third-order valence-electron chi connectivity index (χ3n) is 3.71. The Morgan fingerprint density at radius 1 is 1.04 bits per heavy atom. The Morgan fingerprint density at radius 2 is 1.67 bits per heavy atom. The normalized spacial score (nSPS) is 11.3. The summed E-state index contributed by atoms with van der Waals surface area (Å²) in [5.41, 5.74) is 7.08. The number of hydrogen-bond acceptors (Lipinski definition) is 5. The molecule has 1 unspecified atom stereocenters. The number of amides is 2. The number of primary amides is 1. The molecule has 2 amide bonds. The van der Waals surface area contributed by atoms with Gasteiger partial charge in [-0.2, -0.15) is 0 Å². The monoisotopic (exact) mass is 370 g/mol. The summed E-state index contributed by atoms with van der Waals surface area (Å²) >= 11 is 0. The van der Waals surface area contributed by atoms with Gasteiger partial charge in [-0.15, -0.1) is 0 Å². The van der Waals surface area contributed by atoms with Crippen molar-refractivity contribution in [2.75, 3.05) is 11.9 Å². The van der Waals surface area contributed by atoms with Crippen LogP contribution < -0.4 is 15.8 Å². The SMILES string of the molecule is Cc1ccc(OCCC(=O)OC(C)C(=O)Nc2ccc(C(N)=O)cc2)cc1. The highest BCUT2D eigenvalue weighted by atomic mass is 16.5. The molecular formula is C20H22N2O5. The fourth-order valence-electron chi connectivity index (χ4n) is 2.16. The first-order valence-electron chi connectivity index (χ1n) is 8.45. The van der Waals surface area contributed by atoms with Gasteiger partial charge in [0.05, 0.1) is 13.0 Å². The Kier molecular flexibility index (Phi) is 6.93. The zero-order chi connectivity index (χ0) is 19.8. The smallest absolute Gasteiger partial charge is 0.310 e. The van der Waals surface area contributed by atoms with Gasteiger partial charge in [-0.3, -0.25) is 14.4 Å². The molecule has 2 aromatic carbocycles. The van der Waals surface area contributed by atoms with Gasteiger partial charge >= 0.3 is 5.97 Å². The van der Waals surface area contributed by atoms with E-state index in [4.69, 9.17) is 15.2 Å². The number of nitrogens with two attached hydrogens (primary N) is 1. The second-order valence-electron chi connectivity index (χ2n) is 5.97. The lowest BCUT2D eigenvalue weighted by Crippen LogP contribution is -2.30. The number of anilines is 1. The van der Waals surface area contributed by atoms with Crippen molar-refractivity contribution in [1.82, 2.24) is 0 Å².